The molecule has 8 atom stereocenters. The fraction of sp³-hybridized carbons (Fsp3) is 0.897. The van der Waals surface area contributed by atoms with Gasteiger partial charge >= 0.3 is 5.97 Å². The van der Waals surface area contributed by atoms with E-state index in [1.807, 2.05) is 0 Å². The number of carbonyl (C=O) groups is 1. The molecule has 2 nitrogen and oxygen atoms in total. The molecule has 4 aliphatic rings. The van der Waals surface area contributed by atoms with Crippen molar-refractivity contribution in [3.63, 3.8) is 0 Å². The van der Waals surface area contributed by atoms with Gasteiger partial charge in [-0.2, -0.15) is 0 Å². The molecule has 3 saturated carbocycles. The Morgan fingerprint density at radius 1 is 1.06 bits per heavy atom. The molecule has 0 saturated heterocycles. The second kappa shape index (κ2) is 8.86. The molecule has 0 radical (unpaired) electrons. The van der Waals surface area contributed by atoms with Crippen LogP contribution in [0, 0.1) is 46.3 Å². The molecule has 0 aromatic carbocycles. The fourth-order valence-electron chi connectivity index (χ4n) is 8.99. The van der Waals surface area contributed by atoms with Crippen LogP contribution in [0.4, 0.5) is 0 Å². The minimum atomic E-state index is -0.115. The molecule has 0 unspecified atom stereocenters. The Morgan fingerprint density at radius 3 is 2.55 bits per heavy atom. The van der Waals surface area contributed by atoms with Gasteiger partial charge < -0.3 is 4.74 Å². The molecule has 31 heavy (non-hydrogen) atoms. The summed E-state index contributed by atoms with van der Waals surface area (Å²) in [5.74, 6) is 5.19. The van der Waals surface area contributed by atoms with Gasteiger partial charge in [0.1, 0.15) is 6.10 Å². The lowest BCUT2D eigenvalue weighted by Crippen LogP contribution is -2.51. The summed E-state index contributed by atoms with van der Waals surface area (Å²) in [4.78, 5) is 11.5. The van der Waals surface area contributed by atoms with Crippen molar-refractivity contribution in [2.24, 2.45) is 46.3 Å². The smallest absolute Gasteiger partial charge is 0.302 e. The van der Waals surface area contributed by atoms with E-state index in [1.54, 1.807) is 12.5 Å². The number of rotatable bonds is 6. The highest BCUT2D eigenvalue weighted by molar-refractivity contribution is 5.66. The molecule has 176 valence electrons. The summed E-state index contributed by atoms with van der Waals surface area (Å²) in [5, 5.41) is 0. The number of hydrogen-bond donors (Lipinski definition) is 0. The van der Waals surface area contributed by atoms with Gasteiger partial charge in [-0.05, 0) is 91.3 Å². The van der Waals surface area contributed by atoms with Gasteiger partial charge in [-0.3, -0.25) is 4.79 Å². The van der Waals surface area contributed by atoms with E-state index >= 15 is 0 Å². The summed E-state index contributed by atoms with van der Waals surface area (Å²) in [6, 6.07) is 0. The van der Waals surface area contributed by atoms with E-state index < -0.39 is 0 Å². The van der Waals surface area contributed by atoms with Crippen LogP contribution in [-0.4, -0.2) is 12.1 Å². The molecule has 0 aromatic rings. The Labute approximate surface area is 192 Å². The SMILES string of the molecule is CC(=O)O[C@H]1CC[C@@]2(C)C(=CC[C@H]3[C@H]2CC[C@@]2(C)[C@H]3CC[C@H]2[C@@H](C)CCCC(C)C)C1. The minimum absolute atomic E-state index is 0.115. The van der Waals surface area contributed by atoms with Crippen LogP contribution < -0.4 is 0 Å². The van der Waals surface area contributed by atoms with Crippen molar-refractivity contribution in [3.05, 3.63) is 11.6 Å². The molecular weight excluding hydrogens is 380 g/mol. The topological polar surface area (TPSA) is 26.3 Å². The summed E-state index contributed by atoms with van der Waals surface area (Å²) in [7, 11) is 0. The van der Waals surface area contributed by atoms with E-state index in [1.165, 1.54) is 57.8 Å². The Hall–Kier alpha value is -0.790. The molecule has 0 N–H and O–H groups in total. The highest BCUT2D eigenvalue weighted by atomic mass is 16.5. The van der Waals surface area contributed by atoms with E-state index in [0.717, 1.165) is 48.3 Å². The monoisotopic (exact) mass is 428 g/mol. The van der Waals surface area contributed by atoms with Gasteiger partial charge in [0.05, 0.1) is 0 Å². The van der Waals surface area contributed by atoms with Crippen LogP contribution in [0.3, 0.4) is 0 Å². The van der Waals surface area contributed by atoms with Gasteiger partial charge in [-0.1, -0.05) is 65.5 Å². The van der Waals surface area contributed by atoms with E-state index in [4.69, 9.17) is 4.74 Å². The van der Waals surface area contributed by atoms with Crippen LogP contribution in [0.5, 0.6) is 0 Å². The predicted molar refractivity (Wildman–Crippen MR) is 129 cm³/mol. The van der Waals surface area contributed by atoms with Crippen LogP contribution in [0.2, 0.25) is 0 Å². The normalized spacial score (nSPS) is 42.9. The molecule has 0 spiro atoms. The molecule has 0 bridgehead atoms. The predicted octanol–water partition coefficient (Wildman–Crippen LogP) is 7.96. The van der Waals surface area contributed by atoms with E-state index in [-0.39, 0.29) is 12.1 Å². The summed E-state index contributed by atoms with van der Waals surface area (Å²) < 4.78 is 5.61. The van der Waals surface area contributed by atoms with Crippen LogP contribution in [-0.2, 0) is 9.53 Å². The zero-order chi connectivity index (χ0) is 22.4. The number of allylic oxidation sites excluding steroid dienone is 1. The molecule has 2 heteroatoms. The molecule has 4 rings (SSSR count). The van der Waals surface area contributed by atoms with Gasteiger partial charge in [-0.15, -0.1) is 0 Å². The fourth-order valence-corrected chi connectivity index (χ4v) is 8.99. The van der Waals surface area contributed by atoms with Gasteiger partial charge in [0.25, 0.3) is 0 Å². The second-order valence-corrected chi connectivity index (χ2v) is 12.8. The summed E-state index contributed by atoms with van der Waals surface area (Å²) in [5.41, 5.74) is 2.53. The minimum Gasteiger partial charge on any atom is -0.462 e. The van der Waals surface area contributed by atoms with Gasteiger partial charge in [-0.25, -0.2) is 0 Å². The van der Waals surface area contributed by atoms with Crippen molar-refractivity contribution in [1.82, 2.24) is 0 Å². The van der Waals surface area contributed by atoms with Crippen molar-refractivity contribution in [3.8, 4) is 0 Å². The molecule has 0 heterocycles. The van der Waals surface area contributed by atoms with Crippen LogP contribution in [0.25, 0.3) is 0 Å². The second-order valence-electron chi connectivity index (χ2n) is 12.8. The first kappa shape index (κ1) is 23.4. The standard InChI is InChI=1S/C29H48O2/c1-19(2)8-7-9-20(3)25-12-13-26-24-11-10-22-18-23(31-21(4)30)14-16-28(22,5)27(24)15-17-29(25,26)6/h10,19-20,23-27H,7-9,11-18H2,1-6H3/t20-,23-,24+,25-,26-,27+,28-,29+/m0/s1. The van der Waals surface area contributed by atoms with Crippen LogP contribution >= 0.6 is 0 Å². The number of carbonyl (C=O) groups excluding carboxylic acids is 1. The molecule has 0 aliphatic heterocycles. The third-order valence-electron chi connectivity index (χ3n) is 10.6. The number of hydrogen-bond acceptors (Lipinski definition) is 2. The highest BCUT2D eigenvalue weighted by Crippen LogP contribution is 2.67. The number of ether oxygens (including phenoxy) is 1. The van der Waals surface area contributed by atoms with Gasteiger partial charge in [0.2, 0.25) is 0 Å². The maximum absolute atomic E-state index is 11.5. The van der Waals surface area contributed by atoms with Gasteiger partial charge in [0, 0.05) is 13.3 Å². The van der Waals surface area contributed by atoms with E-state index in [2.05, 4.69) is 40.7 Å². The van der Waals surface area contributed by atoms with E-state index in [0.29, 0.717) is 10.8 Å². The quantitative estimate of drug-likeness (QED) is 0.317. The van der Waals surface area contributed by atoms with Crippen LogP contribution in [0.1, 0.15) is 112 Å². The Bertz CT molecular complexity index is 693. The summed E-state index contributed by atoms with van der Waals surface area (Å²) in [6.45, 7) is 14.1. The highest BCUT2D eigenvalue weighted by Gasteiger charge is 2.59. The molecule has 3 fully saturated rings. The first-order chi connectivity index (χ1) is 14.6. The van der Waals surface area contributed by atoms with Crippen molar-refractivity contribution in [1.29, 1.82) is 0 Å². The average Bonchev–Trinajstić information content (AvgIpc) is 3.05. The van der Waals surface area contributed by atoms with Crippen molar-refractivity contribution in [2.75, 3.05) is 0 Å². The number of fused-ring (bicyclic) bond motifs is 5. The maximum Gasteiger partial charge on any atom is 0.302 e. The average molecular weight is 429 g/mol. The largest absolute Gasteiger partial charge is 0.462 e. The molecule has 0 aromatic heterocycles. The van der Waals surface area contributed by atoms with Crippen LogP contribution in [0.15, 0.2) is 11.6 Å². The molecule has 0 amide bonds. The molecular formula is C29H48O2. The van der Waals surface area contributed by atoms with Crippen molar-refractivity contribution in [2.45, 2.75) is 118 Å². The van der Waals surface area contributed by atoms with Gasteiger partial charge in [0.15, 0.2) is 0 Å². The third-order valence-corrected chi connectivity index (χ3v) is 10.6. The van der Waals surface area contributed by atoms with E-state index in [9.17, 15) is 4.79 Å². The summed E-state index contributed by atoms with van der Waals surface area (Å²) >= 11 is 0. The summed E-state index contributed by atoms with van der Waals surface area (Å²) in [6.07, 6.45) is 17.2. The Balaban J connectivity index is 1.47. The first-order valence-electron chi connectivity index (χ1n) is 13.5. The van der Waals surface area contributed by atoms with Crippen molar-refractivity contribution < 1.29 is 9.53 Å². The lowest BCUT2D eigenvalue weighted by Gasteiger charge is -2.58. The van der Waals surface area contributed by atoms with Crippen molar-refractivity contribution >= 4 is 5.97 Å². The zero-order valence-electron chi connectivity index (χ0n) is 21.2. The maximum atomic E-state index is 11.5. The first-order valence-corrected chi connectivity index (χ1v) is 13.5. The Morgan fingerprint density at radius 2 is 1.84 bits per heavy atom. The lowest BCUT2D eigenvalue weighted by atomic mass is 9.47. The number of esters is 1. The molecule has 4 aliphatic carbocycles. The zero-order valence-corrected chi connectivity index (χ0v) is 21.2. The third kappa shape index (κ3) is 4.26. The lowest BCUT2D eigenvalue weighted by molar-refractivity contribution is -0.148. The Kier molecular flexibility index (Phi) is 6.68.